The van der Waals surface area contributed by atoms with Crippen LogP contribution in [-0.2, 0) is 59.5 Å². The summed E-state index contributed by atoms with van der Waals surface area (Å²) in [7, 11) is -1.42. The Morgan fingerprint density at radius 2 is 0.643 bits per heavy atom. The van der Waals surface area contributed by atoms with Crippen molar-refractivity contribution in [3.8, 4) is 0 Å². The van der Waals surface area contributed by atoms with Gasteiger partial charge in [0.15, 0.2) is 0 Å². The van der Waals surface area contributed by atoms with E-state index < -0.39 is 9.29 Å². The van der Waals surface area contributed by atoms with Crippen molar-refractivity contribution in [3.05, 3.63) is 0 Å². The Labute approximate surface area is 149 Å². The first-order valence-corrected chi connectivity index (χ1v) is 1.22. The molecule has 0 saturated carbocycles. The second kappa shape index (κ2) is 256. The van der Waals surface area contributed by atoms with Gasteiger partial charge in [0, 0.05) is 0 Å². The van der Waals surface area contributed by atoms with Crippen LogP contribution in [0, 0.1) is 0 Å². The Bertz CT molecular complexity index is 43.8. The van der Waals surface area contributed by atoms with E-state index in [0.29, 0.717) is 0 Å². The van der Waals surface area contributed by atoms with Crippen LogP contribution >= 0.6 is 0 Å². The van der Waals surface area contributed by atoms with Gasteiger partial charge < -0.3 is 38.3 Å². The molecule has 0 atom stereocenters. The third-order valence-electron chi connectivity index (χ3n) is 0. The minimum Gasteiger partial charge on any atom is -2.00 e. The maximum absolute atomic E-state index is 8.40. The van der Waals surface area contributed by atoms with E-state index in [2.05, 4.69) is 0 Å². The number of hydrogen-bond donors (Lipinski definition) is 0. The second-order valence-corrected chi connectivity index (χ2v) is 0.250. The summed E-state index contributed by atoms with van der Waals surface area (Å²) in [5, 5.41) is 0. The molecule has 0 aliphatic rings. The number of hydrogen-bond acceptors (Lipinski definition) is 6. The van der Waals surface area contributed by atoms with Crippen LogP contribution in [0.3, 0.4) is 0 Å². The molecule has 0 amide bonds. The Balaban J connectivity index is -0.000000000364. The molecule has 0 rings (SSSR count). The minimum absolute atomic E-state index is 0. The maximum atomic E-state index is 8.40. The minimum atomic E-state index is -1.42. The molecule has 0 aromatic carbocycles. The quantitative estimate of drug-likeness (QED) is 0.428. The Morgan fingerprint density at radius 3 is 0.643 bits per heavy atom. The van der Waals surface area contributed by atoms with Crippen molar-refractivity contribution in [1.82, 2.24) is 0 Å². The first kappa shape index (κ1) is 191. The summed E-state index contributed by atoms with van der Waals surface area (Å²) in [5.74, 6) is 0. The van der Waals surface area contributed by atoms with Gasteiger partial charge in [-0.05, 0) is 0 Å². The normalized spacial score (nSPS) is 0.571. The second-order valence-electron chi connectivity index (χ2n) is 0.0833. The van der Waals surface area contributed by atoms with Gasteiger partial charge >= 0.3 is 104 Å². The molecule has 0 aromatic rings. The van der Waals surface area contributed by atoms with Gasteiger partial charge in [0.2, 0.25) is 0 Å². The molecule has 0 bridgehead atoms. The Kier molecular flexibility index (Phi) is 3500. The van der Waals surface area contributed by atoms with Crippen molar-refractivity contribution in [2.24, 2.45) is 0 Å². The molecule has 0 aromatic heterocycles. The zero-order valence-corrected chi connectivity index (χ0v) is 13.3. The standard InChI is InChI=1S/Ca.2Fe.Mg.O2Si.4H2O.3O/c;;;;1-3-2;;;;;;;/h;;;;;4*1H2;;;/q+2;2*+3;+2;;;;;;3*-2/p-4. The molecule has 82 valence electrons. The first-order chi connectivity index (χ1) is 1.41. The van der Waals surface area contributed by atoms with Crippen LogP contribution < -0.4 is 0 Å². The van der Waals surface area contributed by atoms with E-state index in [1.54, 1.807) is 0 Å². The predicted octanol–water partition coefficient (Wildman–Crippen LogP) is -2.45. The Hall–Kier alpha value is 2.60. The third-order valence-corrected chi connectivity index (χ3v) is 0. The zero-order chi connectivity index (χ0) is 2.71. The van der Waals surface area contributed by atoms with E-state index >= 15 is 0 Å². The van der Waals surface area contributed by atoms with Gasteiger partial charge in [0.05, 0.1) is 0 Å². The average Bonchev–Trinajstić information content (AvgIpc) is 0.918. The molecule has 0 saturated heterocycles. The average molecular weight is 352 g/mol. The fourth-order valence-electron chi connectivity index (χ4n) is 0. The molecule has 2 radical (unpaired) electrons. The van der Waals surface area contributed by atoms with Crippen molar-refractivity contribution in [1.29, 1.82) is 0 Å². The molecule has 14 heavy (non-hydrogen) atoms. The van der Waals surface area contributed by atoms with E-state index in [1.165, 1.54) is 0 Å². The van der Waals surface area contributed by atoms with Gasteiger partial charge in [-0.2, -0.15) is 0 Å². The molecule has 0 heterocycles. The van der Waals surface area contributed by atoms with Crippen molar-refractivity contribution in [2.45, 2.75) is 0 Å². The molecule has 0 fully saturated rings. The van der Waals surface area contributed by atoms with Crippen LogP contribution in [-0.4, -0.2) is 92.0 Å². The van der Waals surface area contributed by atoms with Crippen LogP contribution in [0.25, 0.3) is 0 Å². The van der Waals surface area contributed by atoms with Crippen molar-refractivity contribution >= 4 is 70.1 Å². The van der Waals surface area contributed by atoms with E-state index in [-0.39, 0.29) is 133 Å². The fourth-order valence-corrected chi connectivity index (χ4v) is 0. The summed E-state index contributed by atoms with van der Waals surface area (Å²) in [5.41, 5.74) is 0. The molecule has 0 spiro atoms. The monoisotopic (exact) mass is 352 g/mol. The van der Waals surface area contributed by atoms with Crippen molar-refractivity contribution in [2.75, 3.05) is 0 Å². The molecule has 14 heteroatoms. The summed E-state index contributed by atoms with van der Waals surface area (Å²) >= 11 is 0. The molecule has 4 N–H and O–H groups in total. The van der Waals surface area contributed by atoms with Crippen LogP contribution in [0.4, 0.5) is 0 Å². The smallest absolute Gasteiger partial charge is 2.00 e. The van der Waals surface area contributed by atoms with Crippen molar-refractivity contribution in [3.63, 3.8) is 0 Å². The third kappa shape index (κ3) is 399. The largest absolute Gasteiger partial charge is 3.00 e. The van der Waals surface area contributed by atoms with Crippen LogP contribution in [0.5, 0.6) is 0 Å². The van der Waals surface area contributed by atoms with E-state index in [4.69, 9.17) is 8.92 Å². The van der Waals surface area contributed by atoms with Gasteiger partial charge in [-0.25, -0.2) is 0 Å². The van der Waals surface area contributed by atoms with Gasteiger partial charge in [0.25, 0.3) is 0 Å². The van der Waals surface area contributed by atoms with Crippen molar-refractivity contribution < 1.29 is 81.4 Å². The van der Waals surface area contributed by atoms with Gasteiger partial charge in [-0.1, -0.05) is 0 Å². The van der Waals surface area contributed by atoms with Gasteiger partial charge in [-0.15, -0.1) is 0 Å². The Morgan fingerprint density at radius 1 is 0.643 bits per heavy atom. The van der Waals surface area contributed by atoms with E-state index in [1.807, 2.05) is 0 Å². The first-order valence-electron chi connectivity index (χ1n) is 0.408. The van der Waals surface area contributed by atoms with Gasteiger partial charge in [0.1, 0.15) is 0 Å². The SMILES string of the molecule is O=[Si]=O.[Ca+2].[Fe+3].[Fe+3].[Mg+2].[O-2].[O-2].[O-2].[OH-].[OH-].[OH-].[OH-]. The maximum Gasteiger partial charge on any atom is 3.00 e. The van der Waals surface area contributed by atoms with Crippen LogP contribution in [0.15, 0.2) is 0 Å². The summed E-state index contributed by atoms with van der Waals surface area (Å²) in [6.07, 6.45) is 0. The molecule has 0 unspecified atom stereocenters. The molecule has 9 nitrogen and oxygen atoms in total. The van der Waals surface area contributed by atoms with Crippen LogP contribution in [0.2, 0.25) is 0 Å². The summed E-state index contributed by atoms with van der Waals surface area (Å²) < 4.78 is 16.8. The molecular formula is H4CaFe2MgO9Si. The number of rotatable bonds is 0. The predicted molar refractivity (Wildman–Crippen MR) is 28.4 cm³/mol. The summed E-state index contributed by atoms with van der Waals surface area (Å²) in [6, 6.07) is 0. The topological polar surface area (TPSA) is 240 Å². The van der Waals surface area contributed by atoms with E-state index in [9.17, 15) is 0 Å². The molecule has 0 aliphatic carbocycles. The summed E-state index contributed by atoms with van der Waals surface area (Å²) in [4.78, 5) is 0. The zero-order valence-electron chi connectivity index (χ0n) is 6.45. The molecule has 0 aliphatic heterocycles. The fraction of sp³-hybridized carbons (Fsp3) is 0. The van der Waals surface area contributed by atoms with Gasteiger partial charge in [-0.3, -0.25) is 8.92 Å². The molecular weight excluding hydrogens is 348 g/mol. The van der Waals surface area contributed by atoms with E-state index in [0.717, 1.165) is 0 Å². The summed E-state index contributed by atoms with van der Waals surface area (Å²) in [6.45, 7) is 0. The van der Waals surface area contributed by atoms with Crippen LogP contribution in [0.1, 0.15) is 0 Å².